The van der Waals surface area contributed by atoms with Crippen LogP contribution in [0.5, 0.6) is 0 Å². The number of H-pyrrole nitrogens is 1. The highest BCUT2D eigenvalue weighted by Gasteiger charge is 2.15. The summed E-state index contributed by atoms with van der Waals surface area (Å²) in [5.41, 5.74) is 0.859. The number of rotatable bonds is 7. The highest BCUT2D eigenvalue weighted by molar-refractivity contribution is 6.04. The van der Waals surface area contributed by atoms with E-state index in [-0.39, 0.29) is 24.2 Å². The fourth-order valence-corrected chi connectivity index (χ4v) is 2.50. The Bertz CT molecular complexity index is 951. The molecule has 0 unspecified atom stereocenters. The second-order valence-electron chi connectivity index (χ2n) is 5.34. The number of esters is 1. The molecule has 3 aromatic rings. The summed E-state index contributed by atoms with van der Waals surface area (Å²) in [5, 5.41) is 1.31. The number of aromatic nitrogens is 2. The molecule has 0 aliphatic rings. The number of hydrogen-bond donors (Lipinski definition) is 1. The molecule has 7 heteroatoms. The van der Waals surface area contributed by atoms with Crippen LogP contribution in [0.1, 0.15) is 10.4 Å². The summed E-state index contributed by atoms with van der Waals surface area (Å²) in [6, 6.07) is 7.22. The lowest BCUT2D eigenvalue weighted by Gasteiger charge is -2.07. The largest absolute Gasteiger partial charge is 0.459 e. The van der Waals surface area contributed by atoms with Gasteiger partial charge < -0.3 is 19.2 Å². The first kappa shape index (κ1) is 17.1. The molecule has 0 saturated heterocycles. The SMILES string of the molecule is COCCOCCOC(=O)c1c[nH]c2c(ccc3cccnc32)c1=O. The number of carbonyl (C=O) groups is 1. The Balaban J connectivity index is 1.78. The Morgan fingerprint density at radius 3 is 2.84 bits per heavy atom. The molecule has 7 nitrogen and oxygen atoms in total. The average Bonchev–Trinajstić information content (AvgIpc) is 2.64. The molecule has 2 heterocycles. The van der Waals surface area contributed by atoms with Crippen LogP contribution in [-0.2, 0) is 14.2 Å². The van der Waals surface area contributed by atoms with Crippen molar-refractivity contribution in [1.29, 1.82) is 0 Å². The lowest BCUT2D eigenvalue weighted by molar-refractivity contribution is 0.0212. The van der Waals surface area contributed by atoms with Crippen LogP contribution in [0.4, 0.5) is 0 Å². The average molecular weight is 342 g/mol. The maximum Gasteiger partial charge on any atom is 0.343 e. The van der Waals surface area contributed by atoms with Gasteiger partial charge in [0.05, 0.1) is 30.9 Å². The molecular formula is C18H18N2O5. The van der Waals surface area contributed by atoms with Crippen molar-refractivity contribution in [3.05, 3.63) is 52.4 Å². The van der Waals surface area contributed by atoms with Crippen molar-refractivity contribution in [2.75, 3.05) is 33.5 Å². The van der Waals surface area contributed by atoms with Gasteiger partial charge in [-0.1, -0.05) is 12.1 Å². The van der Waals surface area contributed by atoms with Gasteiger partial charge in [-0.2, -0.15) is 0 Å². The quantitative estimate of drug-likeness (QED) is 0.401. The number of ether oxygens (including phenoxy) is 3. The zero-order valence-electron chi connectivity index (χ0n) is 13.8. The number of nitrogens with one attached hydrogen (secondary N) is 1. The van der Waals surface area contributed by atoms with Crippen molar-refractivity contribution >= 4 is 27.8 Å². The molecule has 0 bridgehead atoms. The first-order valence-corrected chi connectivity index (χ1v) is 7.85. The van der Waals surface area contributed by atoms with Crippen molar-refractivity contribution in [2.45, 2.75) is 0 Å². The Hall–Kier alpha value is -2.77. The van der Waals surface area contributed by atoms with Crippen molar-refractivity contribution in [3.8, 4) is 0 Å². The van der Waals surface area contributed by atoms with Gasteiger partial charge in [-0.3, -0.25) is 9.78 Å². The molecule has 0 fully saturated rings. The number of methoxy groups -OCH3 is 1. The maximum absolute atomic E-state index is 12.6. The summed E-state index contributed by atoms with van der Waals surface area (Å²) in [6.45, 7) is 1.21. The van der Waals surface area contributed by atoms with Gasteiger partial charge in [0.1, 0.15) is 12.2 Å². The molecule has 0 saturated carbocycles. The van der Waals surface area contributed by atoms with Gasteiger partial charge in [0.15, 0.2) is 0 Å². The number of pyridine rings is 2. The molecule has 0 amide bonds. The molecular weight excluding hydrogens is 324 g/mol. The Labute approximate surface area is 143 Å². The normalized spacial score (nSPS) is 11.1. The van der Waals surface area contributed by atoms with E-state index in [4.69, 9.17) is 14.2 Å². The summed E-state index contributed by atoms with van der Waals surface area (Å²) >= 11 is 0. The maximum atomic E-state index is 12.6. The summed E-state index contributed by atoms with van der Waals surface area (Å²) in [5.74, 6) is -0.681. The second kappa shape index (κ2) is 7.87. The number of carbonyl (C=O) groups excluding carboxylic acids is 1. The number of benzene rings is 1. The molecule has 0 atom stereocenters. The number of aromatic amines is 1. The molecule has 3 rings (SSSR count). The van der Waals surface area contributed by atoms with E-state index in [9.17, 15) is 9.59 Å². The third-order valence-corrected chi connectivity index (χ3v) is 3.74. The van der Waals surface area contributed by atoms with Crippen LogP contribution in [0.3, 0.4) is 0 Å². The van der Waals surface area contributed by atoms with Crippen LogP contribution < -0.4 is 5.43 Å². The topological polar surface area (TPSA) is 90.5 Å². The van der Waals surface area contributed by atoms with E-state index in [1.807, 2.05) is 12.1 Å². The van der Waals surface area contributed by atoms with Gasteiger partial charge in [-0.25, -0.2) is 4.79 Å². The number of fused-ring (bicyclic) bond motifs is 3. The summed E-state index contributed by atoms with van der Waals surface area (Å²) < 4.78 is 15.1. The number of nitrogens with zero attached hydrogens (tertiary/aromatic N) is 1. The molecule has 1 N–H and O–H groups in total. The van der Waals surface area contributed by atoms with Crippen LogP contribution in [-0.4, -0.2) is 49.5 Å². The minimum Gasteiger partial charge on any atom is -0.459 e. The van der Waals surface area contributed by atoms with Gasteiger partial charge in [-0.05, 0) is 12.1 Å². The minimum absolute atomic E-state index is 0.0420. The van der Waals surface area contributed by atoms with Gasteiger partial charge in [0.2, 0.25) is 5.43 Å². The van der Waals surface area contributed by atoms with Gasteiger partial charge in [0, 0.05) is 30.3 Å². The van der Waals surface area contributed by atoms with E-state index < -0.39 is 5.97 Å². The van der Waals surface area contributed by atoms with E-state index in [1.165, 1.54) is 6.20 Å². The van der Waals surface area contributed by atoms with Crippen LogP contribution in [0.25, 0.3) is 21.8 Å². The van der Waals surface area contributed by atoms with E-state index in [0.29, 0.717) is 29.6 Å². The molecule has 0 spiro atoms. The molecule has 0 aliphatic carbocycles. The van der Waals surface area contributed by atoms with Gasteiger partial charge in [-0.15, -0.1) is 0 Å². The van der Waals surface area contributed by atoms with Crippen molar-refractivity contribution in [1.82, 2.24) is 9.97 Å². The van der Waals surface area contributed by atoms with Crippen molar-refractivity contribution in [2.24, 2.45) is 0 Å². The van der Waals surface area contributed by atoms with Crippen LogP contribution in [0.2, 0.25) is 0 Å². The summed E-state index contributed by atoms with van der Waals surface area (Å²) in [6.07, 6.45) is 3.03. The van der Waals surface area contributed by atoms with E-state index in [0.717, 1.165) is 5.39 Å². The molecule has 1 aromatic carbocycles. The standard InChI is InChI=1S/C18H18N2O5/c1-23-7-8-24-9-10-25-18(22)14-11-20-16-13(17(14)21)5-4-12-3-2-6-19-15(12)16/h2-6,11H,7-10H2,1H3,(H,20,21). The molecule has 0 aliphatic heterocycles. The van der Waals surface area contributed by atoms with Gasteiger partial charge in [0.25, 0.3) is 0 Å². The van der Waals surface area contributed by atoms with E-state index in [1.54, 1.807) is 25.4 Å². The Kier molecular flexibility index (Phi) is 5.37. The molecule has 2 aromatic heterocycles. The Morgan fingerprint density at radius 1 is 1.16 bits per heavy atom. The monoisotopic (exact) mass is 342 g/mol. The first-order valence-electron chi connectivity index (χ1n) is 7.85. The summed E-state index contributed by atoms with van der Waals surface area (Å²) in [7, 11) is 1.58. The fraction of sp³-hybridized carbons (Fsp3) is 0.278. The fourth-order valence-electron chi connectivity index (χ4n) is 2.50. The summed E-state index contributed by atoms with van der Waals surface area (Å²) in [4.78, 5) is 32.0. The van der Waals surface area contributed by atoms with E-state index >= 15 is 0 Å². The highest BCUT2D eigenvalue weighted by atomic mass is 16.6. The lowest BCUT2D eigenvalue weighted by atomic mass is 10.1. The van der Waals surface area contributed by atoms with Crippen LogP contribution in [0.15, 0.2) is 41.5 Å². The highest BCUT2D eigenvalue weighted by Crippen LogP contribution is 2.19. The molecule has 25 heavy (non-hydrogen) atoms. The van der Waals surface area contributed by atoms with Gasteiger partial charge >= 0.3 is 5.97 Å². The van der Waals surface area contributed by atoms with Crippen molar-refractivity contribution in [3.63, 3.8) is 0 Å². The first-order chi connectivity index (χ1) is 12.2. The minimum atomic E-state index is -0.681. The zero-order valence-corrected chi connectivity index (χ0v) is 13.8. The third kappa shape index (κ3) is 3.67. The second-order valence-corrected chi connectivity index (χ2v) is 5.34. The van der Waals surface area contributed by atoms with E-state index in [2.05, 4.69) is 9.97 Å². The zero-order chi connectivity index (χ0) is 17.6. The molecule has 130 valence electrons. The third-order valence-electron chi connectivity index (χ3n) is 3.74. The van der Waals surface area contributed by atoms with Crippen LogP contribution >= 0.6 is 0 Å². The lowest BCUT2D eigenvalue weighted by Crippen LogP contribution is -2.20. The van der Waals surface area contributed by atoms with Crippen molar-refractivity contribution < 1.29 is 19.0 Å². The number of hydrogen-bond acceptors (Lipinski definition) is 6. The smallest absolute Gasteiger partial charge is 0.343 e. The molecule has 0 radical (unpaired) electrons. The predicted molar refractivity (Wildman–Crippen MR) is 92.8 cm³/mol. The Morgan fingerprint density at radius 2 is 2.00 bits per heavy atom. The predicted octanol–water partition coefficient (Wildman–Crippen LogP) is 1.90. The van der Waals surface area contributed by atoms with Crippen LogP contribution in [0, 0.1) is 0 Å².